The molecule has 1 atom stereocenters. The van der Waals surface area contributed by atoms with Gasteiger partial charge in [0.15, 0.2) is 5.82 Å². The van der Waals surface area contributed by atoms with E-state index in [4.69, 9.17) is 9.26 Å². The highest BCUT2D eigenvalue weighted by molar-refractivity contribution is 5.97. The van der Waals surface area contributed by atoms with Gasteiger partial charge in [0.1, 0.15) is 11.8 Å². The molecule has 1 N–H and O–H groups in total. The molecule has 7 nitrogen and oxygen atoms in total. The number of carbonyl (C=O) groups excluding carboxylic acids is 2. The van der Waals surface area contributed by atoms with Crippen molar-refractivity contribution >= 4 is 17.6 Å². The molecule has 2 fully saturated rings. The van der Waals surface area contributed by atoms with Gasteiger partial charge in [-0.25, -0.2) is 0 Å². The average molecular weight is 392 g/mol. The predicted octanol–water partition coefficient (Wildman–Crippen LogP) is 3.50. The monoisotopic (exact) mass is 391 g/mol. The number of methoxy groups -OCH3 is 1. The van der Waals surface area contributed by atoms with E-state index in [9.17, 15) is 9.59 Å². The molecule has 1 saturated heterocycles. The van der Waals surface area contributed by atoms with Crippen LogP contribution in [0.3, 0.4) is 0 Å². The van der Waals surface area contributed by atoms with E-state index in [1.807, 2.05) is 20.8 Å². The van der Waals surface area contributed by atoms with E-state index in [0.717, 1.165) is 38.5 Å². The fourth-order valence-electron chi connectivity index (χ4n) is 4.15. The van der Waals surface area contributed by atoms with Crippen molar-refractivity contribution in [3.05, 3.63) is 11.8 Å². The van der Waals surface area contributed by atoms with E-state index in [1.165, 1.54) is 0 Å². The van der Waals surface area contributed by atoms with Crippen molar-refractivity contribution in [2.45, 2.75) is 83.3 Å². The van der Waals surface area contributed by atoms with Crippen molar-refractivity contribution < 1.29 is 18.8 Å². The van der Waals surface area contributed by atoms with Gasteiger partial charge in [0.2, 0.25) is 11.8 Å². The SMILES string of the molecule is COC1CCC(C(=O)N2CCCCC2C(=O)Nc2cc(C(C)(C)C)on2)CC1. The second kappa shape index (κ2) is 8.64. The average Bonchev–Trinajstić information content (AvgIpc) is 3.16. The highest BCUT2D eigenvalue weighted by atomic mass is 16.5. The minimum atomic E-state index is -0.434. The summed E-state index contributed by atoms with van der Waals surface area (Å²) < 4.78 is 10.8. The molecule has 0 spiro atoms. The van der Waals surface area contributed by atoms with Crippen molar-refractivity contribution in [1.82, 2.24) is 10.1 Å². The van der Waals surface area contributed by atoms with Crippen LogP contribution >= 0.6 is 0 Å². The minimum Gasteiger partial charge on any atom is -0.381 e. The number of nitrogens with zero attached hydrogens (tertiary/aromatic N) is 2. The van der Waals surface area contributed by atoms with E-state index in [1.54, 1.807) is 18.1 Å². The third-order valence-electron chi connectivity index (χ3n) is 5.95. The van der Waals surface area contributed by atoms with Crippen LogP contribution < -0.4 is 5.32 Å². The van der Waals surface area contributed by atoms with Crippen LogP contribution in [0.25, 0.3) is 0 Å². The maximum absolute atomic E-state index is 13.1. The van der Waals surface area contributed by atoms with E-state index < -0.39 is 6.04 Å². The predicted molar refractivity (Wildman–Crippen MR) is 106 cm³/mol. The lowest BCUT2D eigenvalue weighted by molar-refractivity contribution is -0.145. The number of aromatic nitrogens is 1. The molecule has 3 rings (SSSR count). The molecular weight excluding hydrogens is 358 g/mol. The van der Waals surface area contributed by atoms with Crippen LogP contribution in [0.5, 0.6) is 0 Å². The number of carbonyl (C=O) groups is 2. The number of ether oxygens (including phenoxy) is 1. The molecule has 2 heterocycles. The quantitative estimate of drug-likeness (QED) is 0.849. The summed E-state index contributed by atoms with van der Waals surface area (Å²) in [5, 5.41) is 6.82. The number of nitrogens with one attached hydrogen (secondary N) is 1. The number of likely N-dealkylation sites (tertiary alicyclic amines) is 1. The first-order chi connectivity index (χ1) is 13.3. The molecule has 1 saturated carbocycles. The Morgan fingerprint density at radius 3 is 2.50 bits per heavy atom. The zero-order valence-corrected chi connectivity index (χ0v) is 17.5. The molecule has 0 aromatic carbocycles. The molecule has 1 aromatic heterocycles. The molecule has 1 unspecified atom stereocenters. The van der Waals surface area contributed by atoms with Crippen LogP contribution in [0.2, 0.25) is 0 Å². The summed E-state index contributed by atoms with van der Waals surface area (Å²) in [6.45, 7) is 6.73. The summed E-state index contributed by atoms with van der Waals surface area (Å²) in [5.74, 6) is 1.07. The summed E-state index contributed by atoms with van der Waals surface area (Å²) in [4.78, 5) is 27.8. The van der Waals surface area contributed by atoms with Crippen LogP contribution in [-0.4, -0.2) is 47.7 Å². The van der Waals surface area contributed by atoms with Crippen LogP contribution in [-0.2, 0) is 19.7 Å². The Balaban J connectivity index is 1.64. The van der Waals surface area contributed by atoms with Crippen molar-refractivity contribution in [2.24, 2.45) is 5.92 Å². The Bertz CT molecular complexity index is 686. The topological polar surface area (TPSA) is 84.7 Å². The number of anilines is 1. The summed E-state index contributed by atoms with van der Waals surface area (Å²) in [7, 11) is 1.73. The lowest BCUT2D eigenvalue weighted by Gasteiger charge is -2.38. The fraction of sp³-hybridized carbons (Fsp3) is 0.762. The van der Waals surface area contributed by atoms with Gasteiger partial charge in [0, 0.05) is 31.1 Å². The number of piperidine rings is 1. The Kier molecular flexibility index (Phi) is 6.43. The molecule has 28 heavy (non-hydrogen) atoms. The first-order valence-electron chi connectivity index (χ1n) is 10.4. The van der Waals surface area contributed by atoms with Gasteiger partial charge in [0.25, 0.3) is 0 Å². The second-order valence-electron chi connectivity index (χ2n) is 9.07. The Hall–Kier alpha value is -1.89. The third kappa shape index (κ3) is 4.74. The van der Waals surface area contributed by atoms with Crippen LogP contribution in [0, 0.1) is 5.92 Å². The van der Waals surface area contributed by atoms with Gasteiger partial charge in [-0.3, -0.25) is 9.59 Å². The van der Waals surface area contributed by atoms with E-state index in [-0.39, 0.29) is 29.3 Å². The molecule has 156 valence electrons. The molecular formula is C21H33N3O4. The van der Waals surface area contributed by atoms with Gasteiger partial charge in [0.05, 0.1) is 6.10 Å². The Morgan fingerprint density at radius 2 is 1.89 bits per heavy atom. The van der Waals surface area contributed by atoms with Crippen molar-refractivity contribution in [3.63, 3.8) is 0 Å². The number of hydrogen-bond donors (Lipinski definition) is 1. The summed E-state index contributed by atoms with van der Waals surface area (Å²) in [5.41, 5.74) is -0.177. The largest absolute Gasteiger partial charge is 0.381 e. The minimum absolute atomic E-state index is 0.000608. The van der Waals surface area contributed by atoms with Gasteiger partial charge < -0.3 is 19.5 Å². The fourth-order valence-corrected chi connectivity index (χ4v) is 4.15. The van der Waals surface area contributed by atoms with Crippen LogP contribution in [0.4, 0.5) is 5.82 Å². The van der Waals surface area contributed by atoms with E-state index >= 15 is 0 Å². The van der Waals surface area contributed by atoms with Crippen LogP contribution in [0.1, 0.15) is 71.5 Å². The molecule has 0 bridgehead atoms. The van der Waals surface area contributed by atoms with Crippen molar-refractivity contribution in [1.29, 1.82) is 0 Å². The normalized spacial score (nSPS) is 26.1. The Morgan fingerprint density at radius 1 is 1.18 bits per heavy atom. The standard InChI is InChI=1S/C21H33N3O4/c1-21(2,3)17-13-18(23-28-17)22-19(25)16-7-5-6-12-24(16)20(26)14-8-10-15(27-4)11-9-14/h13-16H,5-12H2,1-4H3,(H,22,23,25). The molecule has 7 heteroatoms. The molecule has 2 aliphatic rings. The van der Waals surface area contributed by atoms with E-state index in [0.29, 0.717) is 24.5 Å². The van der Waals surface area contributed by atoms with Crippen molar-refractivity contribution in [2.75, 3.05) is 19.0 Å². The maximum Gasteiger partial charge on any atom is 0.248 e. The van der Waals surface area contributed by atoms with E-state index in [2.05, 4.69) is 10.5 Å². The zero-order valence-electron chi connectivity index (χ0n) is 17.5. The van der Waals surface area contributed by atoms with Gasteiger partial charge in [-0.15, -0.1) is 0 Å². The van der Waals surface area contributed by atoms with Gasteiger partial charge >= 0.3 is 0 Å². The van der Waals surface area contributed by atoms with Crippen LogP contribution in [0.15, 0.2) is 10.6 Å². The molecule has 2 amide bonds. The second-order valence-corrected chi connectivity index (χ2v) is 9.07. The summed E-state index contributed by atoms with van der Waals surface area (Å²) in [6, 6.07) is 1.33. The summed E-state index contributed by atoms with van der Waals surface area (Å²) >= 11 is 0. The Labute approximate surface area is 167 Å². The molecule has 1 aliphatic carbocycles. The number of rotatable bonds is 4. The summed E-state index contributed by atoms with van der Waals surface area (Å²) in [6.07, 6.45) is 6.33. The lowest BCUT2D eigenvalue weighted by Crippen LogP contribution is -2.52. The highest BCUT2D eigenvalue weighted by Crippen LogP contribution is 2.30. The zero-order chi connectivity index (χ0) is 20.3. The molecule has 0 radical (unpaired) electrons. The first-order valence-corrected chi connectivity index (χ1v) is 10.4. The number of amides is 2. The highest BCUT2D eigenvalue weighted by Gasteiger charge is 2.37. The molecule has 1 aliphatic heterocycles. The first kappa shape index (κ1) is 20.8. The van der Waals surface area contributed by atoms with Gasteiger partial charge in [-0.1, -0.05) is 25.9 Å². The molecule has 1 aromatic rings. The third-order valence-corrected chi connectivity index (χ3v) is 5.95. The maximum atomic E-state index is 13.1. The number of hydrogen-bond acceptors (Lipinski definition) is 5. The van der Waals surface area contributed by atoms with Gasteiger partial charge in [-0.05, 0) is 44.9 Å². The smallest absolute Gasteiger partial charge is 0.248 e. The lowest BCUT2D eigenvalue weighted by atomic mass is 9.85. The van der Waals surface area contributed by atoms with Gasteiger partial charge in [-0.2, -0.15) is 0 Å². The van der Waals surface area contributed by atoms with Crippen molar-refractivity contribution in [3.8, 4) is 0 Å².